The molecule has 0 spiro atoms. The van der Waals surface area contributed by atoms with Crippen molar-refractivity contribution >= 4 is 5.91 Å². The number of piperazine rings is 1. The Balaban J connectivity index is 0.00000205. The highest BCUT2D eigenvalue weighted by Crippen LogP contribution is 2.32. The van der Waals surface area contributed by atoms with Gasteiger partial charge in [-0.2, -0.15) is 0 Å². The van der Waals surface area contributed by atoms with Crippen LogP contribution in [0.25, 0.3) is 0 Å². The maximum atomic E-state index is 12.8. The van der Waals surface area contributed by atoms with Crippen LogP contribution in [-0.2, 0) is 0 Å². The molecule has 1 saturated heterocycles. The zero-order chi connectivity index (χ0) is 18.9. The number of ether oxygens (including phenoxy) is 4. The molecule has 154 valence electrons. The molecule has 5 rings (SSSR count). The Hall–Kier alpha value is -2.48. The molecule has 3 heterocycles. The van der Waals surface area contributed by atoms with Crippen LogP contribution in [0.1, 0.15) is 10.4 Å². The first-order valence-corrected chi connectivity index (χ1v) is 9.66. The summed E-state index contributed by atoms with van der Waals surface area (Å²) in [5.74, 6) is 3.08. The first-order valence-electron chi connectivity index (χ1n) is 9.66. The van der Waals surface area contributed by atoms with Gasteiger partial charge >= 0.3 is 5.91 Å². The van der Waals surface area contributed by atoms with Gasteiger partial charge in [-0.15, -0.1) is 0 Å². The van der Waals surface area contributed by atoms with Gasteiger partial charge in [0.15, 0.2) is 23.0 Å². The largest absolute Gasteiger partial charge is 1.00 e. The van der Waals surface area contributed by atoms with Crippen molar-refractivity contribution in [3.8, 4) is 23.0 Å². The summed E-state index contributed by atoms with van der Waals surface area (Å²) in [7, 11) is 0. The Labute approximate surface area is 175 Å². The van der Waals surface area contributed by atoms with E-state index in [1.165, 1.54) is 0 Å². The zero-order valence-corrected chi connectivity index (χ0v) is 16.7. The quantitative estimate of drug-likeness (QED) is 0.600. The van der Waals surface area contributed by atoms with Crippen molar-refractivity contribution in [2.24, 2.45) is 0 Å². The fourth-order valence-corrected chi connectivity index (χ4v) is 3.92. The second-order valence-corrected chi connectivity index (χ2v) is 7.30. The first-order chi connectivity index (χ1) is 13.8. The Morgan fingerprint density at radius 2 is 1.69 bits per heavy atom. The fraction of sp³-hybridized carbons (Fsp3) is 0.381. The van der Waals surface area contributed by atoms with Crippen molar-refractivity contribution in [1.29, 1.82) is 0 Å². The first kappa shape index (κ1) is 19.8. The average Bonchev–Trinajstić information content (AvgIpc) is 3.21. The zero-order valence-electron chi connectivity index (χ0n) is 15.9. The summed E-state index contributed by atoms with van der Waals surface area (Å²) in [6, 6.07) is 13.2. The van der Waals surface area contributed by atoms with E-state index in [4.69, 9.17) is 18.9 Å². The minimum absolute atomic E-state index is 0. The molecule has 0 bridgehead atoms. The lowest BCUT2D eigenvalue weighted by molar-refractivity contribution is -0.819. The van der Waals surface area contributed by atoms with E-state index in [0.29, 0.717) is 23.7 Å². The van der Waals surface area contributed by atoms with Gasteiger partial charge in [-0.05, 0) is 24.3 Å². The highest BCUT2D eigenvalue weighted by Gasteiger charge is 2.31. The van der Waals surface area contributed by atoms with E-state index in [2.05, 4.69) is 4.90 Å². The standard InChI is InChI=1S/C21H22N2O5.ClH/c24-21(15-5-6-18-20(11-15)27-14-26-18)23-9-7-22(8-10-23)12-16-13-25-17-3-1-2-4-19(17)28-16;/h1-6,11,16H,7-10,12-14H2;1H. The normalized spacial score (nSPS) is 20.8. The van der Waals surface area contributed by atoms with Crippen LogP contribution in [-0.4, -0.2) is 63.0 Å². The van der Waals surface area contributed by atoms with E-state index in [-0.39, 0.29) is 31.2 Å². The minimum atomic E-state index is 0. The molecule has 1 amide bonds. The van der Waals surface area contributed by atoms with Gasteiger partial charge in [0.05, 0.1) is 18.7 Å². The van der Waals surface area contributed by atoms with Gasteiger partial charge in [-0.1, -0.05) is 12.1 Å². The lowest BCUT2D eigenvalue weighted by Crippen LogP contribution is -3.17. The number of benzene rings is 2. The van der Waals surface area contributed by atoms with Crippen molar-refractivity contribution < 1.29 is 41.0 Å². The summed E-state index contributed by atoms with van der Waals surface area (Å²) < 4.78 is 22.6. The molecule has 1 unspecified atom stereocenters. The minimum Gasteiger partial charge on any atom is -1.00 e. The third kappa shape index (κ3) is 4.12. The molecule has 0 aromatic heterocycles. The molecule has 7 nitrogen and oxygen atoms in total. The highest BCUT2D eigenvalue weighted by atomic mass is 35.5. The topological polar surface area (TPSA) is 61.7 Å². The number of rotatable bonds is 3. The van der Waals surface area contributed by atoms with Gasteiger partial charge in [0.2, 0.25) is 6.79 Å². The summed E-state index contributed by atoms with van der Waals surface area (Å²) >= 11 is 0. The molecule has 1 fully saturated rings. The summed E-state index contributed by atoms with van der Waals surface area (Å²) in [5, 5.41) is 0. The van der Waals surface area contributed by atoms with Crippen LogP contribution in [0.5, 0.6) is 23.0 Å². The number of fused-ring (bicyclic) bond motifs is 2. The van der Waals surface area contributed by atoms with Gasteiger partial charge in [0.1, 0.15) is 12.7 Å². The number of halogens is 1. The second kappa shape index (κ2) is 8.49. The van der Waals surface area contributed by atoms with E-state index in [9.17, 15) is 4.79 Å². The van der Waals surface area contributed by atoms with Crippen molar-refractivity contribution in [2.75, 3.05) is 46.1 Å². The van der Waals surface area contributed by atoms with Gasteiger partial charge in [0, 0.05) is 25.7 Å². The van der Waals surface area contributed by atoms with Crippen LogP contribution < -0.4 is 36.3 Å². The van der Waals surface area contributed by atoms with Crippen molar-refractivity contribution in [3.63, 3.8) is 0 Å². The van der Waals surface area contributed by atoms with Gasteiger partial charge in [0.25, 0.3) is 0 Å². The second-order valence-electron chi connectivity index (χ2n) is 7.30. The van der Waals surface area contributed by atoms with Crippen LogP contribution in [0.2, 0.25) is 0 Å². The van der Waals surface area contributed by atoms with Crippen LogP contribution in [0.4, 0.5) is 0 Å². The molecule has 1 N–H and O–H groups in total. The summed E-state index contributed by atoms with van der Waals surface area (Å²) in [5.41, 5.74) is 0.674. The van der Waals surface area contributed by atoms with Crippen molar-refractivity contribution in [3.05, 3.63) is 48.0 Å². The molecule has 8 heteroatoms. The Morgan fingerprint density at radius 1 is 0.966 bits per heavy atom. The van der Waals surface area contributed by atoms with E-state index in [1.54, 1.807) is 6.07 Å². The molecule has 2 aromatic rings. The van der Waals surface area contributed by atoms with E-state index >= 15 is 0 Å². The number of quaternary nitrogens is 1. The highest BCUT2D eigenvalue weighted by molar-refractivity contribution is 5.88. The van der Waals surface area contributed by atoms with Crippen LogP contribution in [0.3, 0.4) is 0 Å². The lowest BCUT2D eigenvalue weighted by Gasteiger charge is -2.34. The molecular formula is C21H23ClN2O5. The maximum absolute atomic E-state index is 12.8. The van der Waals surface area contributed by atoms with E-state index < -0.39 is 0 Å². The summed E-state index contributed by atoms with van der Waals surface area (Å²) in [6.45, 7) is 4.84. The molecule has 29 heavy (non-hydrogen) atoms. The fourth-order valence-electron chi connectivity index (χ4n) is 3.92. The third-order valence-corrected chi connectivity index (χ3v) is 5.44. The molecule has 2 aromatic carbocycles. The predicted octanol–water partition coefficient (Wildman–Crippen LogP) is -2.40. The number of carbonyl (C=O) groups excluding carboxylic acids is 1. The molecule has 3 aliphatic heterocycles. The monoisotopic (exact) mass is 418 g/mol. The Bertz CT molecular complexity index is 885. The Kier molecular flexibility index (Phi) is 5.80. The number of para-hydroxylation sites is 2. The van der Waals surface area contributed by atoms with Crippen molar-refractivity contribution in [2.45, 2.75) is 6.10 Å². The van der Waals surface area contributed by atoms with Gasteiger partial charge in [-0.3, -0.25) is 9.80 Å². The predicted molar refractivity (Wildman–Crippen MR) is 100 cm³/mol. The maximum Gasteiger partial charge on any atom is 0.344 e. The van der Waals surface area contributed by atoms with Gasteiger partial charge in [-0.25, -0.2) is 4.79 Å². The number of amides is 1. The number of carbonyl (C=O) groups is 1. The van der Waals surface area contributed by atoms with Gasteiger partial charge < -0.3 is 31.4 Å². The van der Waals surface area contributed by atoms with Crippen LogP contribution in [0, 0.1) is 0 Å². The number of nitrogens with zero attached hydrogens (tertiary/aromatic N) is 1. The van der Waals surface area contributed by atoms with Crippen LogP contribution >= 0.6 is 0 Å². The molecular weight excluding hydrogens is 396 g/mol. The summed E-state index contributed by atoms with van der Waals surface area (Å²) in [6.07, 6.45) is 0.0148. The number of hydrogen-bond acceptors (Lipinski definition) is 6. The van der Waals surface area contributed by atoms with Crippen molar-refractivity contribution in [1.82, 2.24) is 4.90 Å². The molecule has 1 atom stereocenters. The van der Waals surface area contributed by atoms with E-state index in [0.717, 1.165) is 49.1 Å². The van der Waals surface area contributed by atoms with Crippen LogP contribution in [0.15, 0.2) is 42.5 Å². The average molecular weight is 419 g/mol. The summed E-state index contributed by atoms with van der Waals surface area (Å²) in [4.78, 5) is 16.2. The number of hydrogen-bond donors (Lipinski definition) is 1. The smallest absolute Gasteiger partial charge is 0.344 e. The Morgan fingerprint density at radius 3 is 2.52 bits per heavy atom. The lowest BCUT2D eigenvalue weighted by atomic mass is 10.1. The van der Waals surface area contributed by atoms with E-state index in [1.807, 2.05) is 36.4 Å². The molecule has 0 saturated carbocycles. The third-order valence-electron chi connectivity index (χ3n) is 5.44. The molecule has 0 radical (unpaired) electrons. The number of nitrogens with one attached hydrogen (secondary N) is 1. The SMILES string of the molecule is O=C(c1ccc2c(c1)OCO2)[NH+]1CCN(CC2COc3ccccc3O2)CC1.[Cl-]. The molecule has 3 aliphatic rings. The molecule has 0 aliphatic carbocycles.